The SMILES string of the molecule is C.CN(CCCC(F)(F)F)[C@@H]1CCN(Cc2ccccc2)C1. The Bertz CT molecular complexity index is 420. The van der Waals surface area contributed by atoms with Crippen LogP contribution in [0.15, 0.2) is 30.3 Å². The van der Waals surface area contributed by atoms with Crippen molar-refractivity contribution in [2.45, 2.75) is 45.5 Å². The fourth-order valence-corrected chi connectivity index (χ4v) is 2.87. The predicted octanol–water partition coefficient (Wildman–Crippen LogP) is 4.17. The molecule has 0 spiro atoms. The van der Waals surface area contributed by atoms with Gasteiger partial charge in [0.25, 0.3) is 0 Å². The molecule has 0 unspecified atom stereocenters. The first-order chi connectivity index (χ1) is 9.94. The van der Waals surface area contributed by atoms with Crippen LogP contribution in [0.1, 0.15) is 32.3 Å². The average Bonchev–Trinajstić information content (AvgIpc) is 2.87. The summed E-state index contributed by atoms with van der Waals surface area (Å²) in [6.45, 7) is 3.40. The lowest BCUT2D eigenvalue weighted by atomic mass is 10.2. The zero-order chi connectivity index (χ0) is 15.3. The second-order valence-electron chi connectivity index (χ2n) is 5.86. The molecule has 0 radical (unpaired) electrons. The van der Waals surface area contributed by atoms with Crippen molar-refractivity contribution in [3.8, 4) is 0 Å². The summed E-state index contributed by atoms with van der Waals surface area (Å²) in [5.74, 6) is 0. The van der Waals surface area contributed by atoms with Crippen LogP contribution in [-0.4, -0.2) is 48.7 Å². The van der Waals surface area contributed by atoms with Gasteiger partial charge in [0.2, 0.25) is 0 Å². The van der Waals surface area contributed by atoms with Crippen LogP contribution in [0.4, 0.5) is 13.2 Å². The van der Waals surface area contributed by atoms with Gasteiger partial charge in [-0.05, 0) is 32.0 Å². The fourth-order valence-electron chi connectivity index (χ4n) is 2.87. The normalized spacial score (nSPS) is 19.4. The van der Waals surface area contributed by atoms with E-state index < -0.39 is 12.6 Å². The first-order valence-electron chi connectivity index (χ1n) is 7.47. The van der Waals surface area contributed by atoms with E-state index >= 15 is 0 Å². The minimum Gasteiger partial charge on any atom is -0.302 e. The molecule has 2 rings (SSSR count). The Morgan fingerprint density at radius 3 is 2.55 bits per heavy atom. The molecule has 1 aromatic rings. The maximum absolute atomic E-state index is 12.2. The van der Waals surface area contributed by atoms with E-state index in [1.807, 2.05) is 25.2 Å². The van der Waals surface area contributed by atoms with Crippen molar-refractivity contribution in [1.82, 2.24) is 9.80 Å². The van der Waals surface area contributed by atoms with Crippen molar-refractivity contribution in [2.75, 3.05) is 26.7 Å². The van der Waals surface area contributed by atoms with Crippen LogP contribution in [0.5, 0.6) is 0 Å². The van der Waals surface area contributed by atoms with E-state index in [-0.39, 0.29) is 13.8 Å². The van der Waals surface area contributed by atoms with Crippen LogP contribution in [0.25, 0.3) is 0 Å². The van der Waals surface area contributed by atoms with Crippen LogP contribution in [0, 0.1) is 0 Å². The van der Waals surface area contributed by atoms with Gasteiger partial charge in [0.15, 0.2) is 0 Å². The predicted molar refractivity (Wildman–Crippen MR) is 84.8 cm³/mol. The molecule has 0 amide bonds. The summed E-state index contributed by atoms with van der Waals surface area (Å²) in [5, 5.41) is 0. The summed E-state index contributed by atoms with van der Waals surface area (Å²) < 4.78 is 36.5. The molecule has 0 N–H and O–H groups in total. The number of hydrogen-bond acceptors (Lipinski definition) is 2. The van der Waals surface area contributed by atoms with E-state index in [4.69, 9.17) is 0 Å². The molecule has 0 aliphatic carbocycles. The van der Waals surface area contributed by atoms with Crippen molar-refractivity contribution in [1.29, 1.82) is 0 Å². The van der Waals surface area contributed by atoms with E-state index in [9.17, 15) is 13.2 Å². The Morgan fingerprint density at radius 2 is 1.91 bits per heavy atom. The molecule has 22 heavy (non-hydrogen) atoms. The molecular weight excluding hydrogens is 289 g/mol. The molecule has 126 valence electrons. The van der Waals surface area contributed by atoms with Gasteiger partial charge in [0.05, 0.1) is 0 Å². The van der Waals surface area contributed by atoms with Crippen molar-refractivity contribution in [3.63, 3.8) is 0 Å². The second-order valence-corrected chi connectivity index (χ2v) is 5.86. The number of benzene rings is 1. The third-order valence-corrected chi connectivity index (χ3v) is 4.09. The number of alkyl halides is 3. The highest BCUT2D eigenvalue weighted by molar-refractivity contribution is 5.14. The highest BCUT2D eigenvalue weighted by Gasteiger charge is 2.28. The molecule has 1 aliphatic rings. The zero-order valence-corrected chi connectivity index (χ0v) is 12.4. The van der Waals surface area contributed by atoms with E-state index in [2.05, 4.69) is 21.9 Å². The second kappa shape index (κ2) is 8.53. The minimum absolute atomic E-state index is 0. The van der Waals surface area contributed by atoms with Gasteiger partial charge in [0, 0.05) is 32.1 Å². The van der Waals surface area contributed by atoms with Crippen LogP contribution >= 0.6 is 0 Å². The van der Waals surface area contributed by atoms with Gasteiger partial charge in [0.1, 0.15) is 0 Å². The number of rotatable bonds is 6. The van der Waals surface area contributed by atoms with Gasteiger partial charge in [-0.3, -0.25) is 4.90 Å². The molecule has 0 aromatic heterocycles. The third kappa shape index (κ3) is 6.36. The maximum atomic E-state index is 12.2. The monoisotopic (exact) mass is 316 g/mol. The molecule has 1 saturated heterocycles. The summed E-state index contributed by atoms with van der Waals surface area (Å²) in [5.41, 5.74) is 1.29. The third-order valence-electron chi connectivity index (χ3n) is 4.09. The van der Waals surface area contributed by atoms with E-state index in [0.717, 1.165) is 26.1 Å². The van der Waals surface area contributed by atoms with Crippen molar-refractivity contribution in [3.05, 3.63) is 35.9 Å². The summed E-state index contributed by atoms with van der Waals surface area (Å²) in [6, 6.07) is 10.7. The largest absolute Gasteiger partial charge is 0.389 e. The Balaban J connectivity index is 0.00000242. The Hall–Kier alpha value is -1.07. The molecule has 0 saturated carbocycles. The average molecular weight is 316 g/mol. The lowest BCUT2D eigenvalue weighted by Gasteiger charge is -2.25. The van der Waals surface area contributed by atoms with Crippen LogP contribution < -0.4 is 0 Å². The zero-order valence-electron chi connectivity index (χ0n) is 12.4. The summed E-state index contributed by atoms with van der Waals surface area (Å²) in [6.07, 6.45) is -3.49. The van der Waals surface area contributed by atoms with Gasteiger partial charge in [-0.15, -0.1) is 0 Å². The van der Waals surface area contributed by atoms with E-state index in [1.165, 1.54) is 5.56 Å². The van der Waals surface area contributed by atoms with Crippen molar-refractivity contribution in [2.24, 2.45) is 0 Å². The molecule has 5 heteroatoms. The Kier molecular flexibility index (Phi) is 7.36. The van der Waals surface area contributed by atoms with Gasteiger partial charge in [-0.2, -0.15) is 13.2 Å². The summed E-state index contributed by atoms with van der Waals surface area (Å²) >= 11 is 0. The molecule has 2 nitrogen and oxygen atoms in total. The first kappa shape index (κ1) is 19.0. The van der Waals surface area contributed by atoms with E-state index in [1.54, 1.807) is 0 Å². The van der Waals surface area contributed by atoms with Crippen LogP contribution in [0.3, 0.4) is 0 Å². The first-order valence-corrected chi connectivity index (χ1v) is 7.47. The molecular formula is C17H27F3N2. The molecule has 1 aromatic carbocycles. The fraction of sp³-hybridized carbons (Fsp3) is 0.647. The number of nitrogens with zero attached hydrogens (tertiary/aromatic N) is 2. The quantitative estimate of drug-likeness (QED) is 0.777. The molecule has 1 aliphatic heterocycles. The van der Waals surface area contributed by atoms with Gasteiger partial charge >= 0.3 is 6.18 Å². The Labute approximate surface area is 131 Å². The van der Waals surface area contributed by atoms with Crippen LogP contribution in [-0.2, 0) is 6.54 Å². The lowest BCUT2D eigenvalue weighted by Crippen LogP contribution is -2.35. The number of halogens is 3. The highest BCUT2D eigenvalue weighted by atomic mass is 19.4. The molecule has 1 atom stereocenters. The standard InChI is InChI=1S/C16H23F3N2.CH4/c1-20(10-5-9-16(17,18)19)15-8-11-21(13-15)12-14-6-3-2-4-7-14;/h2-4,6-7,15H,5,8-13H2,1H3;1H4/t15-;/m1./s1. The smallest absolute Gasteiger partial charge is 0.302 e. The molecule has 1 heterocycles. The number of hydrogen-bond donors (Lipinski definition) is 0. The summed E-state index contributed by atoms with van der Waals surface area (Å²) in [4.78, 5) is 4.46. The minimum atomic E-state index is -4.03. The summed E-state index contributed by atoms with van der Waals surface area (Å²) in [7, 11) is 1.94. The lowest BCUT2D eigenvalue weighted by molar-refractivity contribution is -0.136. The van der Waals surface area contributed by atoms with E-state index in [0.29, 0.717) is 12.6 Å². The van der Waals surface area contributed by atoms with Crippen molar-refractivity contribution >= 4 is 0 Å². The topological polar surface area (TPSA) is 6.48 Å². The maximum Gasteiger partial charge on any atom is 0.389 e. The number of likely N-dealkylation sites (tertiary alicyclic amines) is 1. The van der Waals surface area contributed by atoms with Gasteiger partial charge in [-0.1, -0.05) is 37.8 Å². The number of likely N-dealkylation sites (N-methyl/N-ethyl adjacent to an activating group) is 1. The van der Waals surface area contributed by atoms with Gasteiger partial charge < -0.3 is 4.90 Å². The highest BCUT2D eigenvalue weighted by Crippen LogP contribution is 2.22. The van der Waals surface area contributed by atoms with Crippen molar-refractivity contribution < 1.29 is 13.2 Å². The van der Waals surface area contributed by atoms with Gasteiger partial charge in [-0.25, -0.2) is 0 Å². The van der Waals surface area contributed by atoms with Crippen LogP contribution in [0.2, 0.25) is 0 Å². The molecule has 0 bridgehead atoms. The Morgan fingerprint density at radius 1 is 1.23 bits per heavy atom. The molecule has 1 fully saturated rings.